The van der Waals surface area contributed by atoms with E-state index in [0.717, 1.165) is 5.75 Å². The van der Waals surface area contributed by atoms with Crippen LogP contribution in [-0.2, 0) is 4.79 Å². The number of benzene rings is 1. The van der Waals surface area contributed by atoms with Gasteiger partial charge >= 0.3 is 5.97 Å². The minimum Gasteiger partial charge on any atom is -0.492 e. The summed E-state index contributed by atoms with van der Waals surface area (Å²) < 4.78 is 5.56. The van der Waals surface area contributed by atoms with Crippen molar-refractivity contribution < 1.29 is 14.6 Å². The van der Waals surface area contributed by atoms with E-state index in [1.807, 2.05) is 30.5 Å². The number of carboxylic acid groups (broad SMARTS) is 1. The van der Waals surface area contributed by atoms with Gasteiger partial charge in [0.1, 0.15) is 18.4 Å². The molecule has 1 rings (SSSR count). The SMILES string of the molecule is CSc1ccc(OCCN(C)C(C)C(=O)O)cc1. The summed E-state index contributed by atoms with van der Waals surface area (Å²) in [6.45, 7) is 2.72. The monoisotopic (exact) mass is 269 g/mol. The molecule has 4 nitrogen and oxygen atoms in total. The Morgan fingerprint density at radius 3 is 2.56 bits per heavy atom. The Balaban J connectivity index is 2.34. The van der Waals surface area contributed by atoms with Crippen molar-refractivity contribution in [2.75, 3.05) is 26.5 Å². The number of likely N-dealkylation sites (N-methyl/N-ethyl adjacent to an activating group) is 1. The van der Waals surface area contributed by atoms with Crippen LogP contribution in [0.5, 0.6) is 5.75 Å². The van der Waals surface area contributed by atoms with E-state index in [4.69, 9.17) is 9.84 Å². The molecule has 0 aliphatic heterocycles. The van der Waals surface area contributed by atoms with E-state index in [2.05, 4.69) is 0 Å². The minimum atomic E-state index is -0.818. The first-order chi connectivity index (χ1) is 8.54. The molecular formula is C13H19NO3S. The fourth-order valence-electron chi connectivity index (χ4n) is 1.36. The molecule has 0 bridgehead atoms. The lowest BCUT2D eigenvalue weighted by atomic mass is 10.3. The van der Waals surface area contributed by atoms with Crippen LogP contribution in [0.1, 0.15) is 6.92 Å². The van der Waals surface area contributed by atoms with Gasteiger partial charge in [0.05, 0.1) is 0 Å². The number of hydrogen-bond donors (Lipinski definition) is 1. The fraction of sp³-hybridized carbons (Fsp3) is 0.462. The summed E-state index contributed by atoms with van der Waals surface area (Å²) in [7, 11) is 1.78. The van der Waals surface area contributed by atoms with Crippen LogP contribution in [0, 0.1) is 0 Å². The molecule has 5 heteroatoms. The summed E-state index contributed by atoms with van der Waals surface area (Å²) in [5.41, 5.74) is 0. The summed E-state index contributed by atoms with van der Waals surface area (Å²) >= 11 is 1.68. The highest BCUT2D eigenvalue weighted by molar-refractivity contribution is 7.98. The molecule has 1 aromatic rings. The Kier molecular flexibility index (Phi) is 6.01. The maximum Gasteiger partial charge on any atom is 0.320 e. The van der Waals surface area contributed by atoms with Crippen LogP contribution in [0.2, 0.25) is 0 Å². The van der Waals surface area contributed by atoms with E-state index < -0.39 is 12.0 Å². The molecule has 18 heavy (non-hydrogen) atoms. The number of aliphatic carboxylic acids is 1. The number of carboxylic acids is 1. The average molecular weight is 269 g/mol. The molecule has 1 atom stereocenters. The zero-order valence-corrected chi connectivity index (χ0v) is 11.7. The van der Waals surface area contributed by atoms with Crippen LogP contribution in [-0.4, -0.2) is 48.5 Å². The highest BCUT2D eigenvalue weighted by Gasteiger charge is 2.15. The first kappa shape index (κ1) is 14.9. The van der Waals surface area contributed by atoms with E-state index in [0.29, 0.717) is 13.2 Å². The smallest absolute Gasteiger partial charge is 0.320 e. The molecule has 1 N–H and O–H groups in total. The van der Waals surface area contributed by atoms with E-state index in [1.165, 1.54) is 4.90 Å². The van der Waals surface area contributed by atoms with Gasteiger partial charge in [-0.15, -0.1) is 11.8 Å². The number of carbonyl (C=O) groups is 1. The minimum absolute atomic E-state index is 0.479. The first-order valence-corrected chi connectivity index (χ1v) is 6.97. The molecule has 1 unspecified atom stereocenters. The molecule has 0 saturated heterocycles. The summed E-state index contributed by atoms with van der Waals surface area (Å²) in [5.74, 6) is -0.00833. The highest BCUT2D eigenvalue weighted by Crippen LogP contribution is 2.18. The number of thioether (sulfide) groups is 1. The third kappa shape index (κ3) is 4.58. The predicted octanol–water partition coefficient (Wildman–Crippen LogP) is 2.19. The molecule has 0 saturated carbocycles. The van der Waals surface area contributed by atoms with Gasteiger partial charge in [-0.3, -0.25) is 9.69 Å². The fourth-order valence-corrected chi connectivity index (χ4v) is 1.77. The molecule has 0 amide bonds. The second-order valence-corrected chi connectivity index (χ2v) is 4.90. The molecule has 100 valence electrons. The largest absolute Gasteiger partial charge is 0.492 e. The first-order valence-electron chi connectivity index (χ1n) is 5.74. The van der Waals surface area contributed by atoms with Crippen molar-refractivity contribution >= 4 is 17.7 Å². The number of ether oxygens (including phenoxy) is 1. The van der Waals surface area contributed by atoms with Gasteiger partial charge in [0.25, 0.3) is 0 Å². The number of nitrogens with zero attached hydrogens (tertiary/aromatic N) is 1. The second-order valence-electron chi connectivity index (χ2n) is 4.02. The van der Waals surface area contributed by atoms with Crippen LogP contribution in [0.15, 0.2) is 29.2 Å². The normalized spacial score (nSPS) is 12.4. The molecule has 0 fully saturated rings. The van der Waals surface area contributed by atoms with Crippen LogP contribution in [0.25, 0.3) is 0 Å². The van der Waals surface area contributed by atoms with Crippen molar-refractivity contribution in [1.29, 1.82) is 0 Å². The van der Waals surface area contributed by atoms with Crippen molar-refractivity contribution in [2.45, 2.75) is 17.9 Å². The molecule has 0 heterocycles. The zero-order chi connectivity index (χ0) is 13.5. The van der Waals surface area contributed by atoms with Gasteiger partial charge in [-0.1, -0.05) is 0 Å². The molecule has 0 aliphatic carbocycles. The van der Waals surface area contributed by atoms with Crippen LogP contribution >= 0.6 is 11.8 Å². The van der Waals surface area contributed by atoms with Crippen molar-refractivity contribution in [3.05, 3.63) is 24.3 Å². The van der Waals surface area contributed by atoms with Crippen molar-refractivity contribution in [3.8, 4) is 5.75 Å². The van der Waals surface area contributed by atoms with Crippen molar-refractivity contribution in [1.82, 2.24) is 4.90 Å². The summed E-state index contributed by atoms with van der Waals surface area (Å²) in [6, 6.07) is 7.36. The van der Waals surface area contributed by atoms with Gasteiger partial charge in [0, 0.05) is 11.4 Å². The van der Waals surface area contributed by atoms with E-state index in [-0.39, 0.29) is 0 Å². The van der Waals surface area contributed by atoms with Crippen LogP contribution in [0.4, 0.5) is 0 Å². The maximum absolute atomic E-state index is 10.8. The molecule has 0 aliphatic rings. The Hall–Kier alpha value is -1.20. The molecular weight excluding hydrogens is 250 g/mol. The Labute approximate surface area is 112 Å². The third-order valence-electron chi connectivity index (χ3n) is 2.79. The zero-order valence-electron chi connectivity index (χ0n) is 10.9. The van der Waals surface area contributed by atoms with E-state index in [1.54, 1.807) is 30.6 Å². The lowest BCUT2D eigenvalue weighted by molar-refractivity contribution is -0.142. The van der Waals surface area contributed by atoms with Gasteiger partial charge in [0.2, 0.25) is 0 Å². The van der Waals surface area contributed by atoms with E-state index in [9.17, 15) is 4.79 Å². The highest BCUT2D eigenvalue weighted by atomic mass is 32.2. The summed E-state index contributed by atoms with van der Waals surface area (Å²) in [6.07, 6.45) is 2.03. The van der Waals surface area contributed by atoms with Crippen LogP contribution < -0.4 is 4.74 Å². The quantitative estimate of drug-likeness (QED) is 0.769. The number of hydrogen-bond acceptors (Lipinski definition) is 4. The van der Waals surface area contributed by atoms with Crippen molar-refractivity contribution in [2.24, 2.45) is 0 Å². The molecule has 0 aromatic heterocycles. The number of rotatable bonds is 7. The molecule has 0 radical (unpaired) electrons. The predicted molar refractivity (Wildman–Crippen MR) is 73.4 cm³/mol. The Morgan fingerprint density at radius 1 is 1.44 bits per heavy atom. The summed E-state index contributed by atoms with van der Waals surface area (Å²) in [4.78, 5) is 13.7. The molecule has 1 aromatic carbocycles. The molecule has 0 spiro atoms. The Bertz CT molecular complexity index is 380. The topological polar surface area (TPSA) is 49.8 Å². The van der Waals surface area contributed by atoms with Gasteiger partial charge < -0.3 is 9.84 Å². The van der Waals surface area contributed by atoms with Gasteiger partial charge in [-0.05, 0) is 44.5 Å². The average Bonchev–Trinajstić information content (AvgIpc) is 2.38. The van der Waals surface area contributed by atoms with E-state index >= 15 is 0 Å². The van der Waals surface area contributed by atoms with Crippen molar-refractivity contribution in [3.63, 3.8) is 0 Å². The maximum atomic E-state index is 10.8. The second kappa shape index (κ2) is 7.28. The van der Waals surface area contributed by atoms with Gasteiger partial charge in [0.15, 0.2) is 0 Å². The Morgan fingerprint density at radius 2 is 2.06 bits per heavy atom. The van der Waals surface area contributed by atoms with Crippen LogP contribution in [0.3, 0.4) is 0 Å². The lowest BCUT2D eigenvalue weighted by Crippen LogP contribution is -2.38. The van der Waals surface area contributed by atoms with Gasteiger partial charge in [-0.25, -0.2) is 0 Å². The lowest BCUT2D eigenvalue weighted by Gasteiger charge is -2.20. The van der Waals surface area contributed by atoms with Gasteiger partial charge in [-0.2, -0.15) is 0 Å². The third-order valence-corrected chi connectivity index (χ3v) is 3.53. The standard InChI is InChI=1S/C13H19NO3S/c1-10(13(15)16)14(2)8-9-17-11-4-6-12(18-3)7-5-11/h4-7,10H,8-9H2,1-3H3,(H,15,16). The summed E-state index contributed by atoms with van der Waals surface area (Å²) in [5, 5.41) is 8.84.